The van der Waals surface area contributed by atoms with Crippen LogP contribution in [-0.2, 0) is 14.3 Å². The Bertz CT molecular complexity index is 325. The SMILES string of the molecule is COCCOC(=O)/C=C/c1cncnc1. The van der Waals surface area contributed by atoms with E-state index < -0.39 is 5.97 Å². The van der Waals surface area contributed by atoms with Crippen LogP contribution < -0.4 is 0 Å². The molecule has 1 heterocycles. The van der Waals surface area contributed by atoms with Gasteiger partial charge in [-0.2, -0.15) is 0 Å². The highest BCUT2D eigenvalue weighted by Crippen LogP contribution is 1.96. The Morgan fingerprint density at radius 3 is 2.80 bits per heavy atom. The van der Waals surface area contributed by atoms with Crippen LogP contribution in [-0.4, -0.2) is 36.3 Å². The number of rotatable bonds is 5. The van der Waals surface area contributed by atoms with Crippen LogP contribution >= 0.6 is 0 Å². The number of ether oxygens (including phenoxy) is 2. The van der Waals surface area contributed by atoms with Gasteiger partial charge in [0.1, 0.15) is 12.9 Å². The Kier molecular flexibility index (Phi) is 5.03. The number of carbonyl (C=O) groups excluding carboxylic acids is 1. The van der Waals surface area contributed by atoms with Crippen LogP contribution in [0.15, 0.2) is 24.8 Å². The van der Waals surface area contributed by atoms with Gasteiger partial charge in [0.05, 0.1) is 6.61 Å². The van der Waals surface area contributed by atoms with E-state index in [0.717, 1.165) is 5.56 Å². The van der Waals surface area contributed by atoms with Crippen molar-refractivity contribution in [2.45, 2.75) is 0 Å². The monoisotopic (exact) mass is 208 g/mol. The van der Waals surface area contributed by atoms with Gasteiger partial charge in [0, 0.05) is 31.1 Å². The quantitative estimate of drug-likeness (QED) is 0.404. The van der Waals surface area contributed by atoms with Crippen molar-refractivity contribution < 1.29 is 14.3 Å². The summed E-state index contributed by atoms with van der Waals surface area (Å²) >= 11 is 0. The second-order valence-corrected chi connectivity index (χ2v) is 2.67. The first-order valence-corrected chi connectivity index (χ1v) is 4.41. The number of aromatic nitrogens is 2. The molecule has 0 aliphatic rings. The van der Waals surface area contributed by atoms with E-state index in [1.807, 2.05) is 0 Å². The third-order valence-electron chi connectivity index (χ3n) is 1.52. The lowest BCUT2D eigenvalue weighted by Crippen LogP contribution is -2.06. The van der Waals surface area contributed by atoms with Crippen molar-refractivity contribution in [2.75, 3.05) is 20.3 Å². The Morgan fingerprint density at radius 2 is 2.13 bits per heavy atom. The fourth-order valence-corrected chi connectivity index (χ4v) is 0.835. The third kappa shape index (κ3) is 4.87. The highest BCUT2D eigenvalue weighted by atomic mass is 16.6. The van der Waals surface area contributed by atoms with Crippen LogP contribution in [0.3, 0.4) is 0 Å². The topological polar surface area (TPSA) is 61.3 Å². The lowest BCUT2D eigenvalue weighted by Gasteiger charge is -1.99. The fourth-order valence-electron chi connectivity index (χ4n) is 0.835. The molecule has 5 heteroatoms. The molecule has 0 atom stereocenters. The molecule has 0 aromatic carbocycles. The number of nitrogens with zero attached hydrogens (tertiary/aromatic N) is 2. The molecule has 15 heavy (non-hydrogen) atoms. The van der Waals surface area contributed by atoms with Crippen molar-refractivity contribution in [2.24, 2.45) is 0 Å². The number of esters is 1. The third-order valence-corrected chi connectivity index (χ3v) is 1.52. The standard InChI is InChI=1S/C10H12N2O3/c1-14-4-5-15-10(13)3-2-9-6-11-8-12-7-9/h2-3,6-8H,4-5H2,1H3/b3-2+. The van der Waals surface area contributed by atoms with E-state index in [-0.39, 0.29) is 6.61 Å². The van der Waals surface area contributed by atoms with E-state index in [1.165, 1.54) is 12.4 Å². The van der Waals surface area contributed by atoms with Crippen molar-refractivity contribution in [3.63, 3.8) is 0 Å². The molecule has 0 saturated heterocycles. The zero-order chi connectivity index (χ0) is 10.9. The van der Waals surface area contributed by atoms with Gasteiger partial charge in [-0.25, -0.2) is 14.8 Å². The van der Waals surface area contributed by atoms with Crippen molar-refractivity contribution in [3.05, 3.63) is 30.4 Å². The number of methoxy groups -OCH3 is 1. The normalized spacial score (nSPS) is 10.5. The average Bonchev–Trinajstić information content (AvgIpc) is 2.28. The zero-order valence-corrected chi connectivity index (χ0v) is 8.42. The maximum atomic E-state index is 11.1. The molecule has 5 nitrogen and oxygen atoms in total. The lowest BCUT2D eigenvalue weighted by atomic mass is 10.3. The smallest absolute Gasteiger partial charge is 0.330 e. The highest BCUT2D eigenvalue weighted by Gasteiger charge is 1.95. The van der Waals surface area contributed by atoms with E-state index in [9.17, 15) is 4.79 Å². The molecule has 1 rings (SSSR count). The summed E-state index contributed by atoms with van der Waals surface area (Å²) in [4.78, 5) is 18.7. The van der Waals surface area contributed by atoms with Gasteiger partial charge >= 0.3 is 5.97 Å². The highest BCUT2D eigenvalue weighted by molar-refractivity contribution is 5.86. The minimum absolute atomic E-state index is 0.255. The Hall–Kier alpha value is -1.75. The van der Waals surface area contributed by atoms with Crippen LogP contribution in [0.1, 0.15) is 5.56 Å². The molecule has 80 valence electrons. The second-order valence-electron chi connectivity index (χ2n) is 2.67. The molecule has 0 aliphatic carbocycles. The maximum absolute atomic E-state index is 11.1. The lowest BCUT2D eigenvalue weighted by molar-refractivity contribution is -0.138. The Morgan fingerprint density at radius 1 is 1.40 bits per heavy atom. The van der Waals surface area contributed by atoms with Gasteiger partial charge < -0.3 is 9.47 Å². The summed E-state index contributed by atoms with van der Waals surface area (Å²) in [6.45, 7) is 0.652. The van der Waals surface area contributed by atoms with Gasteiger partial charge in [-0.3, -0.25) is 0 Å². The fraction of sp³-hybridized carbons (Fsp3) is 0.300. The molecular formula is C10H12N2O3. The largest absolute Gasteiger partial charge is 0.460 e. The summed E-state index contributed by atoms with van der Waals surface area (Å²) in [5.41, 5.74) is 0.751. The van der Waals surface area contributed by atoms with E-state index in [2.05, 4.69) is 9.97 Å². The van der Waals surface area contributed by atoms with E-state index in [0.29, 0.717) is 6.61 Å². The summed E-state index contributed by atoms with van der Waals surface area (Å²) in [5, 5.41) is 0. The van der Waals surface area contributed by atoms with Crippen LogP contribution in [0.2, 0.25) is 0 Å². The molecule has 0 saturated carbocycles. The van der Waals surface area contributed by atoms with Gasteiger partial charge in [-0.05, 0) is 6.08 Å². The molecule has 0 radical (unpaired) electrons. The predicted molar refractivity (Wildman–Crippen MR) is 53.9 cm³/mol. The molecule has 0 amide bonds. The van der Waals surface area contributed by atoms with Gasteiger partial charge in [-0.15, -0.1) is 0 Å². The van der Waals surface area contributed by atoms with Crippen molar-refractivity contribution in [1.82, 2.24) is 9.97 Å². The van der Waals surface area contributed by atoms with Crippen LogP contribution in [0.4, 0.5) is 0 Å². The van der Waals surface area contributed by atoms with Crippen LogP contribution in [0.5, 0.6) is 0 Å². The Balaban J connectivity index is 2.34. The number of carbonyl (C=O) groups is 1. The minimum Gasteiger partial charge on any atom is -0.460 e. The van der Waals surface area contributed by atoms with Crippen molar-refractivity contribution in [3.8, 4) is 0 Å². The van der Waals surface area contributed by atoms with E-state index in [4.69, 9.17) is 9.47 Å². The first kappa shape index (κ1) is 11.3. The van der Waals surface area contributed by atoms with Crippen molar-refractivity contribution >= 4 is 12.0 Å². The maximum Gasteiger partial charge on any atom is 0.330 e. The molecule has 0 unspecified atom stereocenters. The number of hydrogen-bond donors (Lipinski definition) is 0. The molecule has 0 spiro atoms. The summed E-state index contributed by atoms with van der Waals surface area (Å²) in [5.74, 6) is -0.407. The predicted octanol–water partition coefficient (Wildman–Crippen LogP) is 0.679. The molecule has 1 aromatic rings. The molecule has 0 aliphatic heterocycles. The summed E-state index contributed by atoms with van der Waals surface area (Å²) in [6, 6.07) is 0. The average molecular weight is 208 g/mol. The summed E-state index contributed by atoms with van der Waals surface area (Å²) in [7, 11) is 1.55. The molecular weight excluding hydrogens is 196 g/mol. The van der Waals surface area contributed by atoms with E-state index >= 15 is 0 Å². The number of hydrogen-bond acceptors (Lipinski definition) is 5. The molecule has 0 bridgehead atoms. The first-order valence-electron chi connectivity index (χ1n) is 4.41. The second kappa shape index (κ2) is 6.67. The van der Waals surface area contributed by atoms with Crippen LogP contribution in [0.25, 0.3) is 6.08 Å². The van der Waals surface area contributed by atoms with Crippen molar-refractivity contribution in [1.29, 1.82) is 0 Å². The zero-order valence-electron chi connectivity index (χ0n) is 8.42. The molecule has 0 N–H and O–H groups in total. The van der Waals surface area contributed by atoms with Gasteiger partial charge in [0.25, 0.3) is 0 Å². The van der Waals surface area contributed by atoms with E-state index in [1.54, 1.807) is 25.6 Å². The minimum atomic E-state index is -0.407. The van der Waals surface area contributed by atoms with Gasteiger partial charge in [0.2, 0.25) is 0 Å². The Labute approximate surface area is 87.8 Å². The van der Waals surface area contributed by atoms with Gasteiger partial charge in [-0.1, -0.05) is 0 Å². The molecule has 0 fully saturated rings. The summed E-state index contributed by atoms with van der Waals surface area (Å²) in [6.07, 6.45) is 7.55. The first-order chi connectivity index (χ1) is 7.33. The molecule has 1 aromatic heterocycles. The van der Waals surface area contributed by atoms with Gasteiger partial charge in [0.15, 0.2) is 0 Å². The van der Waals surface area contributed by atoms with Crippen LogP contribution in [0, 0.1) is 0 Å². The summed E-state index contributed by atoms with van der Waals surface area (Å²) < 4.78 is 9.55.